The van der Waals surface area contributed by atoms with Crippen molar-refractivity contribution in [3.63, 3.8) is 0 Å². The number of ether oxygens (including phenoxy) is 1. The van der Waals surface area contributed by atoms with Crippen LogP contribution in [0.4, 0.5) is 23.0 Å². The van der Waals surface area contributed by atoms with Crippen LogP contribution >= 0.6 is 0 Å². The Kier molecular flexibility index (Phi) is 7.04. The minimum Gasteiger partial charge on any atom is -0.494 e. The predicted octanol–water partition coefficient (Wildman–Crippen LogP) is 4.96. The average molecular weight is 527 g/mol. The van der Waals surface area contributed by atoms with Gasteiger partial charge in [0.05, 0.1) is 35.2 Å². The van der Waals surface area contributed by atoms with Gasteiger partial charge in [0, 0.05) is 61.0 Å². The van der Waals surface area contributed by atoms with Gasteiger partial charge in [0.1, 0.15) is 17.5 Å². The minimum atomic E-state index is -0.413. The summed E-state index contributed by atoms with van der Waals surface area (Å²) in [5.74, 6) is 0.612. The number of rotatable bonds is 10. The summed E-state index contributed by atoms with van der Waals surface area (Å²) in [6.07, 6.45) is 5.77. The molecular formula is C28H30N8O3. The van der Waals surface area contributed by atoms with E-state index in [1.165, 1.54) is 19.4 Å². The molecule has 4 aromatic rings. The highest BCUT2D eigenvalue weighted by atomic mass is 16.6. The van der Waals surface area contributed by atoms with Crippen LogP contribution in [0.25, 0.3) is 22.2 Å². The van der Waals surface area contributed by atoms with Crippen molar-refractivity contribution in [1.29, 1.82) is 5.26 Å². The fourth-order valence-electron chi connectivity index (χ4n) is 4.64. The van der Waals surface area contributed by atoms with Crippen LogP contribution in [0.2, 0.25) is 0 Å². The van der Waals surface area contributed by atoms with E-state index in [2.05, 4.69) is 33.2 Å². The summed E-state index contributed by atoms with van der Waals surface area (Å²) in [5, 5.41) is 25.9. The van der Waals surface area contributed by atoms with Crippen LogP contribution in [-0.4, -0.2) is 65.7 Å². The van der Waals surface area contributed by atoms with Gasteiger partial charge in [-0.2, -0.15) is 5.26 Å². The first kappa shape index (κ1) is 25.9. The normalized spacial score (nSPS) is 12.9. The highest BCUT2D eigenvalue weighted by Crippen LogP contribution is 2.42. The van der Waals surface area contributed by atoms with E-state index in [4.69, 9.17) is 9.72 Å². The molecule has 39 heavy (non-hydrogen) atoms. The molecule has 0 unspecified atom stereocenters. The third kappa shape index (κ3) is 5.19. The van der Waals surface area contributed by atoms with Gasteiger partial charge in [0.2, 0.25) is 5.95 Å². The molecule has 2 aromatic carbocycles. The molecule has 1 aliphatic rings. The number of nitriles is 1. The molecule has 200 valence electrons. The molecular weight excluding hydrogens is 496 g/mol. The number of nitrogens with zero attached hydrogens (tertiary/aromatic N) is 7. The summed E-state index contributed by atoms with van der Waals surface area (Å²) in [7, 11) is 7.22. The van der Waals surface area contributed by atoms with Crippen molar-refractivity contribution in [1.82, 2.24) is 19.4 Å². The molecule has 5 rings (SSSR count). The Bertz CT molecular complexity index is 1590. The van der Waals surface area contributed by atoms with Crippen LogP contribution in [0.1, 0.15) is 24.4 Å². The summed E-state index contributed by atoms with van der Waals surface area (Å²) in [4.78, 5) is 24.5. The molecule has 1 saturated carbocycles. The summed E-state index contributed by atoms with van der Waals surface area (Å²) in [6.45, 7) is 1.33. The van der Waals surface area contributed by atoms with E-state index in [1.807, 2.05) is 49.1 Å². The summed E-state index contributed by atoms with van der Waals surface area (Å²) >= 11 is 0. The van der Waals surface area contributed by atoms with E-state index in [1.54, 1.807) is 6.07 Å². The minimum absolute atomic E-state index is 0.0686. The van der Waals surface area contributed by atoms with E-state index in [-0.39, 0.29) is 11.6 Å². The van der Waals surface area contributed by atoms with Crippen molar-refractivity contribution in [2.45, 2.75) is 18.9 Å². The highest BCUT2D eigenvalue weighted by Gasteiger charge is 2.27. The second kappa shape index (κ2) is 10.6. The number of anilines is 3. The van der Waals surface area contributed by atoms with Crippen LogP contribution in [-0.2, 0) is 0 Å². The Morgan fingerprint density at radius 3 is 2.67 bits per heavy atom. The molecule has 2 heterocycles. The van der Waals surface area contributed by atoms with E-state index in [0.29, 0.717) is 41.0 Å². The Hall–Kier alpha value is -4.69. The van der Waals surface area contributed by atoms with Gasteiger partial charge in [-0.25, -0.2) is 9.97 Å². The molecule has 1 fully saturated rings. The first-order valence-corrected chi connectivity index (χ1v) is 12.7. The number of likely N-dealkylation sites (N-methyl/N-ethyl adjacent to an activating group) is 2. The van der Waals surface area contributed by atoms with Gasteiger partial charge in [0.25, 0.3) is 5.69 Å². The SMILES string of the molecule is COc1cc(N(C)CCN(C)C)c([N+](=O)[O-])cc1Nc1ncc(C#N)c(-c2cn(C3CC3)c3ccccc23)n1. The zero-order valence-corrected chi connectivity index (χ0v) is 22.4. The lowest BCUT2D eigenvalue weighted by atomic mass is 10.1. The Morgan fingerprint density at radius 1 is 1.23 bits per heavy atom. The lowest BCUT2D eigenvalue weighted by molar-refractivity contribution is -0.384. The quantitative estimate of drug-likeness (QED) is 0.225. The van der Waals surface area contributed by atoms with Gasteiger partial charge in [0.15, 0.2) is 0 Å². The van der Waals surface area contributed by atoms with Crippen molar-refractivity contribution < 1.29 is 9.66 Å². The average Bonchev–Trinajstić information content (AvgIpc) is 3.71. The molecule has 11 heteroatoms. The highest BCUT2D eigenvalue weighted by molar-refractivity contribution is 5.96. The van der Waals surface area contributed by atoms with E-state index >= 15 is 0 Å². The summed E-state index contributed by atoms with van der Waals surface area (Å²) in [5.41, 5.74) is 3.51. The van der Waals surface area contributed by atoms with Crippen LogP contribution in [0.5, 0.6) is 5.75 Å². The molecule has 11 nitrogen and oxygen atoms in total. The first-order valence-electron chi connectivity index (χ1n) is 12.7. The molecule has 0 saturated heterocycles. The van der Waals surface area contributed by atoms with Crippen LogP contribution < -0.4 is 15.0 Å². The molecule has 2 aromatic heterocycles. The van der Waals surface area contributed by atoms with Gasteiger partial charge in [-0.15, -0.1) is 0 Å². The number of nitro groups is 1. The fraction of sp³-hybridized carbons (Fsp3) is 0.321. The topological polar surface area (TPSA) is 125 Å². The number of hydrogen-bond donors (Lipinski definition) is 1. The standard InChI is InChI=1S/C28H30N8O3/c1-33(2)11-12-34(3)24-14-26(39-4)22(13-25(24)36(37)38)31-28-30-16-18(15-29)27(32-28)21-17-35(19-9-10-19)23-8-6-5-7-20(21)23/h5-8,13-14,16-17,19H,9-12H2,1-4H3,(H,30,31,32). The molecule has 0 atom stereocenters. The molecule has 0 radical (unpaired) electrons. The predicted molar refractivity (Wildman–Crippen MR) is 151 cm³/mol. The molecule has 0 bridgehead atoms. The first-order chi connectivity index (χ1) is 18.8. The van der Waals surface area contributed by atoms with Crippen molar-refractivity contribution in [3.05, 3.63) is 64.5 Å². The van der Waals surface area contributed by atoms with E-state index in [0.717, 1.165) is 35.9 Å². The molecule has 0 aliphatic heterocycles. The van der Waals surface area contributed by atoms with Crippen LogP contribution in [0, 0.1) is 21.4 Å². The third-order valence-electron chi connectivity index (χ3n) is 6.88. The van der Waals surface area contributed by atoms with Gasteiger partial charge >= 0.3 is 0 Å². The molecule has 1 aliphatic carbocycles. The van der Waals surface area contributed by atoms with Crippen molar-refractivity contribution in [2.24, 2.45) is 0 Å². The van der Waals surface area contributed by atoms with E-state index in [9.17, 15) is 15.4 Å². The van der Waals surface area contributed by atoms with Gasteiger partial charge in [-0.05, 0) is 33.0 Å². The number of benzene rings is 2. The Morgan fingerprint density at radius 2 is 2.00 bits per heavy atom. The maximum absolute atomic E-state index is 12.0. The fourth-order valence-corrected chi connectivity index (χ4v) is 4.64. The van der Waals surface area contributed by atoms with Crippen molar-refractivity contribution in [3.8, 4) is 23.1 Å². The third-order valence-corrected chi connectivity index (χ3v) is 6.88. The van der Waals surface area contributed by atoms with Crippen molar-refractivity contribution >= 4 is 33.9 Å². The Labute approximate surface area is 226 Å². The number of nitro benzene ring substituents is 1. The van der Waals surface area contributed by atoms with E-state index < -0.39 is 4.92 Å². The zero-order chi connectivity index (χ0) is 27.7. The summed E-state index contributed by atoms with van der Waals surface area (Å²) in [6, 6.07) is 13.8. The number of methoxy groups -OCH3 is 1. The Balaban J connectivity index is 1.55. The maximum atomic E-state index is 12.0. The number of para-hydroxylation sites is 1. The van der Waals surface area contributed by atoms with Gasteiger partial charge < -0.3 is 24.4 Å². The number of aromatic nitrogens is 3. The smallest absolute Gasteiger partial charge is 0.294 e. The zero-order valence-electron chi connectivity index (χ0n) is 22.4. The lowest BCUT2D eigenvalue weighted by Crippen LogP contribution is -2.28. The number of nitrogens with one attached hydrogen (secondary N) is 1. The monoisotopic (exact) mass is 526 g/mol. The molecule has 1 N–H and O–H groups in total. The summed E-state index contributed by atoms with van der Waals surface area (Å²) < 4.78 is 7.84. The van der Waals surface area contributed by atoms with Crippen molar-refractivity contribution in [2.75, 3.05) is 51.6 Å². The van der Waals surface area contributed by atoms with Gasteiger partial charge in [-0.1, -0.05) is 18.2 Å². The largest absolute Gasteiger partial charge is 0.494 e. The van der Waals surface area contributed by atoms with Gasteiger partial charge in [-0.3, -0.25) is 10.1 Å². The second-order valence-electron chi connectivity index (χ2n) is 9.91. The maximum Gasteiger partial charge on any atom is 0.294 e. The van der Waals surface area contributed by atoms with Crippen LogP contribution in [0.3, 0.4) is 0 Å². The second-order valence-corrected chi connectivity index (χ2v) is 9.91. The molecule has 0 spiro atoms. The number of hydrogen-bond acceptors (Lipinski definition) is 9. The lowest BCUT2D eigenvalue weighted by Gasteiger charge is -2.22. The molecule has 0 amide bonds. The number of fused-ring (bicyclic) bond motifs is 1. The van der Waals surface area contributed by atoms with Crippen LogP contribution in [0.15, 0.2) is 48.8 Å².